The molecule has 4 heteroatoms. The van der Waals surface area contributed by atoms with E-state index in [9.17, 15) is 0 Å². The minimum absolute atomic E-state index is 0.0756. The maximum absolute atomic E-state index is 2.61. The van der Waals surface area contributed by atoms with Crippen molar-refractivity contribution >= 4 is 74.3 Å². The highest BCUT2D eigenvalue weighted by molar-refractivity contribution is 7.00. The molecule has 2 aliphatic heterocycles. The molecule has 324 valence electrons. The van der Waals surface area contributed by atoms with E-state index in [0.29, 0.717) is 0 Å². The summed E-state index contributed by atoms with van der Waals surface area (Å²) in [5.74, 6) is 0. The number of fused-ring (bicyclic) bond motifs is 4. The Kier molecular flexibility index (Phi) is 10.2. The summed E-state index contributed by atoms with van der Waals surface area (Å²) in [6.07, 6.45) is 0. The van der Waals surface area contributed by atoms with E-state index in [-0.39, 0.29) is 12.1 Å². The molecule has 0 aromatic heterocycles. The highest BCUT2D eigenvalue weighted by Gasteiger charge is 2.45. The van der Waals surface area contributed by atoms with Gasteiger partial charge in [-0.2, -0.15) is 0 Å². The summed E-state index contributed by atoms with van der Waals surface area (Å²) < 4.78 is 0. The Bertz CT molecular complexity index is 3330. The zero-order valence-corrected chi connectivity index (χ0v) is 38.6. The van der Waals surface area contributed by atoms with Gasteiger partial charge in [-0.25, -0.2) is 0 Å². The molecule has 0 aliphatic carbocycles. The average Bonchev–Trinajstić information content (AvgIpc) is 3.39. The van der Waals surface area contributed by atoms with Crippen molar-refractivity contribution in [1.82, 2.24) is 0 Å². The first-order valence-electron chi connectivity index (χ1n) is 23.7. The summed E-state index contributed by atoms with van der Waals surface area (Å²) in [6.45, 7) is 6.92. The number of para-hydroxylation sites is 4. The lowest BCUT2D eigenvalue weighted by molar-refractivity contribution is 0.591. The smallest absolute Gasteiger partial charge is 0.252 e. The Morgan fingerprint density at radius 1 is 0.353 bits per heavy atom. The van der Waals surface area contributed by atoms with Gasteiger partial charge in [0.25, 0.3) is 6.71 Å². The molecule has 0 N–H and O–H groups in total. The van der Waals surface area contributed by atoms with Gasteiger partial charge in [-0.1, -0.05) is 203 Å². The van der Waals surface area contributed by atoms with Crippen LogP contribution >= 0.6 is 0 Å². The zero-order valence-electron chi connectivity index (χ0n) is 38.6. The van der Waals surface area contributed by atoms with E-state index in [1.54, 1.807) is 0 Å². The van der Waals surface area contributed by atoms with E-state index in [4.69, 9.17) is 0 Å². The lowest BCUT2D eigenvalue weighted by atomic mass is 9.33. The third-order valence-electron chi connectivity index (χ3n) is 13.8. The van der Waals surface area contributed by atoms with Crippen molar-refractivity contribution in [2.75, 3.05) is 14.7 Å². The van der Waals surface area contributed by atoms with Crippen LogP contribution < -0.4 is 31.1 Å². The standard InChI is InChI=1S/C64H50BN3/c1-64(2,3)49-37-40-58-57(43-49)65-56-39-38-53(66(50-29-16-7-17-30-50)51-31-18-8-19-32-51)44-59(56)67(52-33-20-9-21-34-52)60-41-48(45-23-10-4-11-24-45)42-61(62(60)65)68(58)63-54(46-25-12-5-13-26-46)35-22-36-55(63)47-27-14-6-15-28-47/h4-44H,1-3H3. The Morgan fingerprint density at radius 3 is 1.40 bits per heavy atom. The van der Waals surface area contributed by atoms with Crippen molar-refractivity contribution in [3.05, 3.63) is 254 Å². The minimum Gasteiger partial charge on any atom is -0.311 e. The van der Waals surface area contributed by atoms with E-state index in [0.717, 1.165) is 39.7 Å². The van der Waals surface area contributed by atoms with Gasteiger partial charge >= 0.3 is 0 Å². The van der Waals surface area contributed by atoms with Gasteiger partial charge in [-0.3, -0.25) is 0 Å². The normalized spacial score (nSPS) is 12.5. The quantitative estimate of drug-likeness (QED) is 0.141. The third kappa shape index (κ3) is 7.08. The van der Waals surface area contributed by atoms with E-state index >= 15 is 0 Å². The summed E-state index contributed by atoms with van der Waals surface area (Å²) in [7, 11) is 0. The van der Waals surface area contributed by atoms with Crippen LogP contribution in [0.15, 0.2) is 249 Å². The van der Waals surface area contributed by atoms with Gasteiger partial charge in [0, 0.05) is 56.6 Å². The summed E-state index contributed by atoms with van der Waals surface area (Å²) >= 11 is 0. The molecule has 12 rings (SSSR count). The molecule has 10 aromatic carbocycles. The SMILES string of the molecule is CC(C)(C)c1ccc2c(c1)B1c3ccc(N(c4ccccc4)c4ccccc4)cc3N(c3ccccc3)c3cc(-c4ccccc4)cc(c31)N2c1c(-c2ccccc2)cccc1-c1ccccc1. The van der Waals surface area contributed by atoms with Gasteiger partial charge in [0.1, 0.15) is 0 Å². The summed E-state index contributed by atoms with van der Waals surface area (Å²) in [5, 5.41) is 0. The van der Waals surface area contributed by atoms with Gasteiger partial charge in [0.05, 0.1) is 5.69 Å². The Labute approximate surface area is 400 Å². The molecule has 0 amide bonds. The second kappa shape index (κ2) is 16.8. The molecule has 2 aliphatic rings. The molecule has 3 nitrogen and oxygen atoms in total. The van der Waals surface area contributed by atoms with Crippen LogP contribution in [-0.2, 0) is 5.41 Å². The van der Waals surface area contributed by atoms with Gasteiger partial charge in [0.15, 0.2) is 0 Å². The summed E-state index contributed by atoms with van der Waals surface area (Å²) in [6, 6.07) is 91.4. The molecule has 0 unspecified atom stereocenters. The third-order valence-corrected chi connectivity index (χ3v) is 13.8. The van der Waals surface area contributed by atoms with Gasteiger partial charge < -0.3 is 14.7 Å². The number of anilines is 9. The van der Waals surface area contributed by atoms with Crippen molar-refractivity contribution < 1.29 is 0 Å². The fourth-order valence-electron chi connectivity index (χ4n) is 10.6. The second-order valence-corrected chi connectivity index (χ2v) is 18.9. The predicted molar refractivity (Wildman–Crippen MR) is 290 cm³/mol. The fraction of sp³-hybridized carbons (Fsp3) is 0.0625. The molecule has 10 aromatic rings. The van der Waals surface area contributed by atoms with Crippen LogP contribution in [0.1, 0.15) is 26.3 Å². The molecule has 2 heterocycles. The first-order chi connectivity index (χ1) is 33.4. The molecule has 0 spiro atoms. The Hall–Kier alpha value is -8.34. The van der Waals surface area contributed by atoms with Crippen LogP contribution in [0.3, 0.4) is 0 Å². The van der Waals surface area contributed by atoms with Crippen LogP contribution in [0, 0.1) is 0 Å². The first-order valence-corrected chi connectivity index (χ1v) is 23.7. The second-order valence-electron chi connectivity index (χ2n) is 18.9. The number of hydrogen-bond acceptors (Lipinski definition) is 3. The Morgan fingerprint density at radius 2 is 0.853 bits per heavy atom. The molecule has 0 saturated heterocycles. The number of hydrogen-bond donors (Lipinski definition) is 0. The van der Waals surface area contributed by atoms with Crippen molar-refractivity contribution in [3.63, 3.8) is 0 Å². The van der Waals surface area contributed by atoms with E-state index in [2.05, 4.69) is 284 Å². The average molecular weight is 872 g/mol. The highest BCUT2D eigenvalue weighted by atomic mass is 15.2. The van der Waals surface area contributed by atoms with Crippen molar-refractivity contribution in [1.29, 1.82) is 0 Å². The summed E-state index contributed by atoms with van der Waals surface area (Å²) in [4.78, 5) is 7.53. The van der Waals surface area contributed by atoms with Crippen molar-refractivity contribution in [2.24, 2.45) is 0 Å². The van der Waals surface area contributed by atoms with Gasteiger partial charge in [0.2, 0.25) is 0 Å². The highest BCUT2D eigenvalue weighted by Crippen LogP contribution is 2.51. The first kappa shape index (κ1) is 41.1. The van der Waals surface area contributed by atoms with Crippen molar-refractivity contribution in [2.45, 2.75) is 26.2 Å². The van der Waals surface area contributed by atoms with Crippen LogP contribution in [0.25, 0.3) is 33.4 Å². The van der Waals surface area contributed by atoms with Gasteiger partial charge in [-0.15, -0.1) is 0 Å². The largest absolute Gasteiger partial charge is 0.311 e. The molecule has 0 radical (unpaired) electrons. The molecule has 0 atom stereocenters. The topological polar surface area (TPSA) is 9.72 Å². The predicted octanol–water partition coefficient (Wildman–Crippen LogP) is 15.5. The van der Waals surface area contributed by atoms with Crippen LogP contribution in [-0.4, -0.2) is 6.71 Å². The molecule has 68 heavy (non-hydrogen) atoms. The van der Waals surface area contributed by atoms with Crippen molar-refractivity contribution in [3.8, 4) is 33.4 Å². The lowest BCUT2D eigenvalue weighted by Crippen LogP contribution is -2.61. The molecule has 0 saturated carbocycles. The maximum atomic E-state index is 2.61. The monoisotopic (exact) mass is 871 g/mol. The van der Waals surface area contributed by atoms with Gasteiger partial charge in [-0.05, 0) is 116 Å². The number of nitrogens with zero attached hydrogens (tertiary/aromatic N) is 3. The van der Waals surface area contributed by atoms with Crippen LogP contribution in [0.2, 0.25) is 0 Å². The maximum Gasteiger partial charge on any atom is 0.252 e. The fourth-order valence-corrected chi connectivity index (χ4v) is 10.6. The van der Waals surface area contributed by atoms with E-state index in [1.165, 1.54) is 66.8 Å². The Balaban J connectivity index is 1.21. The van der Waals surface area contributed by atoms with Crippen LogP contribution in [0.4, 0.5) is 51.2 Å². The minimum atomic E-state index is -0.0828. The zero-order chi connectivity index (χ0) is 45.8. The number of benzene rings is 10. The summed E-state index contributed by atoms with van der Waals surface area (Å²) in [5.41, 5.74) is 22.4. The molecule has 0 fully saturated rings. The molecule has 0 bridgehead atoms. The lowest BCUT2D eigenvalue weighted by Gasteiger charge is -2.46. The van der Waals surface area contributed by atoms with E-state index < -0.39 is 0 Å². The molecular weight excluding hydrogens is 822 g/mol. The van der Waals surface area contributed by atoms with Crippen LogP contribution in [0.5, 0.6) is 0 Å². The van der Waals surface area contributed by atoms with E-state index in [1.807, 2.05) is 0 Å². The molecular formula is C64H50BN3. The number of rotatable bonds is 8.